The quantitative estimate of drug-likeness (QED) is 0.557. The van der Waals surface area contributed by atoms with Gasteiger partial charge in [-0.1, -0.05) is 6.07 Å². The van der Waals surface area contributed by atoms with Crippen LogP contribution in [0, 0.1) is 0 Å². The van der Waals surface area contributed by atoms with Gasteiger partial charge in [-0.2, -0.15) is 5.10 Å². The van der Waals surface area contributed by atoms with E-state index in [1.807, 2.05) is 38.2 Å². The standard InChI is InChI=1S/C20H23N5O2/c1-11(2)24-19-16-5-12(13-8-22-23-9-13)3-4-18(16)21-10-17(19)20(27)25-14-6-15(26)7-14/h3-5,8-11,14-15,26H,6-7H2,1-2H3,(H,21,24)(H,22,23)(H,25,27)/t14-,15+. The molecule has 1 aromatic carbocycles. The molecule has 2 aromatic heterocycles. The molecule has 1 amide bonds. The number of anilines is 1. The van der Waals surface area contributed by atoms with E-state index >= 15 is 0 Å². The van der Waals surface area contributed by atoms with Gasteiger partial charge in [-0.15, -0.1) is 0 Å². The first-order valence-corrected chi connectivity index (χ1v) is 9.18. The third-order valence-corrected chi connectivity index (χ3v) is 4.83. The lowest BCUT2D eigenvalue weighted by Gasteiger charge is -2.32. The van der Waals surface area contributed by atoms with E-state index in [9.17, 15) is 9.90 Å². The van der Waals surface area contributed by atoms with Gasteiger partial charge in [0.15, 0.2) is 0 Å². The van der Waals surface area contributed by atoms with Gasteiger partial charge in [-0.3, -0.25) is 14.9 Å². The third-order valence-electron chi connectivity index (χ3n) is 4.83. The Bertz CT molecular complexity index is 962. The number of nitrogens with one attached hydrogen (secondary N) is 3. The molecule has 7 heteroatoms. The third kappa shape index (κ3) is 3.50. The number of aromatic amines is 1. The normalized spacial score (nSPS) is 19.1. The number of fused-ring (bicyclic) bond motifs is 1. The number of benzene rings is 1. The van der Waals surface area contributed by atoms with Gasteiger partial charge in [0.05, 0.1) is 29.1 Å². The summed E-state index contributed by atoms with van der Waals surface area (Å²) < 4.78 is 0. The minimum atomic E-state index is -0.309. The second kappa shape index (κ2) is 7.00. The van der Waals surface area contributed by atoms with Crippen LogP contribution in [0.2, 0.25) is 0 Å². The van der Waals surface area contributed by atoms with Crippen LogP contribution in [0.4, 0.5) is 5.69 Å². The second-order valence-corrected chi connectivity index (χ2v) is 7.36. The first-order valence-electron chi connectivity index (χ1n) is 9.18. The largest absolute Gasteiger partial charge is 0.393 e. The molecule has 1 aliphatic carbocycles. The summed E-state index contributed by atoms with van der Waals surface area (Å²) in [5, 5.41) is 23.6. The Morgan fingerprint density at radius 2 is 2.07 bits per heavy atom. The van der Waals surface area contributed by atoms with Crippen LogP contribution in [-0.4, -0.2) is 44.4 Å². The van der Waals surface area contributed by atoms with Crippen LogP contribution in [0.5, 0.6) is 0 Å². The summed E-state index contributed by atoms with van der Waals surface area (Å²) in [4.78, 5) is 17.3. The van der Waals surface area contributed by atoms with E-state index in [1.54, 1.807) is 12.4 Å². The van der Waals surface area contributed by atoms with Gasteiger partial charge in [0, 0.05) is 35.4 Å². The van der Waals surface area contributed by atoms with Crippen LogP contribution in [0.1, 0.15) is 37.0 Å². The monoisotopic (exact) mass is 365 g/mol. The Kier molecular flexibility index (Phi) is 4.53. The number of H-pyrrole nitrogens is 1. The van der Waals surface area contributed by atoms with Crippen molar-refractivity contribution in [3.63, 3.8) is 0 Å². The fourth-order valence-electron chi connectivity index (χ4n) is 3.37. The van der Waals surface area contributed by atoms with Crippen molar-refractivity contribution < 1.29 is 9.90 Å². The number of carbonyl (C=O) groups excluding carboxylic acids is 1. The Morgan fingerprint density at radius 1 is 1.26 bits per heavy atom. The summed E-state index contributed by atoms with van der Waals surface area (Å²) in [5.74, 6) is -0.168. The van der Waals surface area contributed by atoms with Crippen molar-refractivity contribution in [1.29, 1.82) is 0 Å². The molecular weight excluding hydrogens is 342 g/mol. The van der Waals surface area contributed by atoms with Crippen LogP contribution in [-0.2, 0) is 0 Å². The smallest absolute Gasteiger partial charge is 0.255 e. The van der Waals surface area contributed by atoms with Gasteiger partial charge in [0.1, 0.15) is 0 Å². The maximum absolute atomic E-state index is 12.8. The van der Waals surface area contributed by atoms with Crippen LogP contribution in [0.3, 0.4) is 0 Å². The highest BCUT2D eigenvalue weighted by atomic mass is 16.3. The molecule has 0 atom stereocenters. The average Bonchev–Trinajstić information content (AvgIpc) is 3.14. The fraction of sp³-hybridized carbons (Fsp3) is 0.350. The average molecular weight is 365 g/mol. The van der Waals surface area contributed by atoms with Crippen molar-refractivity contribution in [2.24, 2.45) is 0 Å². The Balaban J connectivity index is 1.76. The van der Waals surface area contributed by atoms with Gasteiger partial charge >= 0.3 is 0 Å². The number of carbonyl (C=O) groups is 1. The molecule has 0 spiro atoms. The molecule has 4 N–H and O–H groups in total. The van der Waals surface area contributed by atoms with Crippen molar-refractivity contribution in [1.82, 2.24) is 20.5 Å². The molecule has 0 unspecified atom stereocenters. The van der Waals surface area contributed by atoms with Gasteiger partial charge in [-0.05, 0) is 44.4 Å². The summed E-state index contributed by atoms with van der Waals surface area (Å²) in [6, 6.07) is 6.15. The molecule has 0 saturated heterocycles. The zero-order valence-electron chi connectivity index (χ0n) is 15.4. The van der Waals surface area contributed by atoms with Crippen molar-refractivity contribution in [2.45, 2.75) is 44.9 Å². The van der Waals surface area contributed by atoms with Crippen LogP contribution in [0.15, 0.2) is 36.8 Å². The van der Waals surface area contributed by atoms with E-state index in [1.165, 1.54) is 0 Å². The topological polar surface area (TPSA) is 103 Å². The number of pyridine rings is 1. The molecule has 2 heterocycles. The molecule has 1 fully saturated rings. The van der Waals surface area contributed by atoms with Crippen LogP contribution < -0.4 is 10.6 Å². The summed E-state index contributed by atoms with van der Waals surface area (Å²) >= 11 is 0. The first kappa shape index (κ1) is 17.5. The Hall–Kier alpha value is -2.93. The SMILES string of the molecule is CC(C)Nc1c(C(=O)N[C@H]2C[C@@H](O)C2)cnc2ccc(-c3cn[nH]c3)cc12. The molecular formula is C20H23N5O2. The van der Waals surface area contributed by atoms with E-state index in [0.29, 0.717) is 18.4 Å². The number of aliphatic hydroxyl groups is 1. The molecule has 0 bridgehead atoms. The number of aliphatic hydroxyl groups excluding tert-OH is 1. The van der Waals surface area contributed by atoms with Gasteiger partial charge in [-0.25, -0.2) is 0 Å². The van der Waals surface area contributed by atoms with Crippen molar-refractivity contribution >= 4 is 22.5 Å². The molecule has 3 aromatic rings. The van der Waals surface area contributed by atoms with Crippen molar-refractivity contribution in [2.75, 3.05) is 5.32 Å². The number of nitrogens with zero attached hydrogens (tertiary/aromatic N) is 2. The van der Waals surface area contributed by atoms with E-state index in [-0.39, 0.29) is 24.1 Å². The highest BCUT2D eigenvalue weighted by Gasteiger charge is 2.29. The molecule has 0 radical (unpaired) electrons. The van der Waals surface area contributed by atoms with Crippen molar-refractivity contribution in [3.8, 4) is 11.1 Å². The van der Waals surface area contributed by atoms with E-state index < -0.39 is 0 Å². The number of hydrogen-bond donors (Lipinski definition) is 4. The zero-order chi connectivity index (χ0) is 19.0. The first-order chi connectivity index (χ1) is 13.0. The summed E-state index contributed by atoms with van der Waals surface area (Å²) in [5.41, 5.74) is 4.09. The molecule has 0 aliphatic heterocycles. The molecule has 1 aliphatic rings. The van der Waals surface area contributed by atoms with Crippen LogP contribution in [0.25, 0.3) is 22.0 Å². The molecule has 4 rings (SSSR count). The minimum Gasteiger partial charge on any atom is -0.393 e. The lowest BCUT2D eigenvalue weighted by atomic mass is 9.89. The number of rotatable bonds is 5. The van der Waals surface area contributed by atoms with Gasteiger partial charge < -0.3 is 15.7 Å². The number of amides is 1. The van der Waals surface area contributed by atoms with Crippen LogP contribution >= 0.6 is 0 Å². The Labute approximate surface area is 157 Å². The lowest BCUT2D eigenvalue weighted by Crippen LogP contribution is -2.46. The Morgan fingerprint density at radius 3 is 2.74 bits per heavy atom. The maximum atomic E-state index is 12.8. The highest BCUT2D eigenvalue weighted by Crippen LogP contribution is 2.31. The van der Waals surface area contributed by atoms with Gasteiger partial charge in [0.2, 0.25) is 0 Å². The molecule has 27 heavy (non-hydrogen) atoms. The number of aromatic nitrogens is 3. The van der Waals surface area contributed by atoms with Crippen molar-refractivity contribution in [3.05, 3.63) is 42.4 Å². The molecule has 7 nitrogen and oxygen atoms in total. The highest BCUT2D eigenvalue weighted by molar-refractivity contribution is 6.08. The summed E-state index contributed by atoms with van der Waals surface area (Å²) in [7, 11) is 0. The maximum Gasteiger partial charge on any atom is 0.255 e. The second-order valence-electron chi connectivity index (χ2n) is 7.36. The lowest BCUT2D eigenvalue weighted by molar-refractivity contribution is 0.0563. The predicted molar refractivity (Wildman–Crippen MR) is 105 cm³/mol. The van der Waals surface area contributed by atoms with Gasteiger partial charge in [0.25, 0.3) is 5.91 Å². The minimum absolute atomic E-state index is 0.0207. The number of hydrogen-bond acceptors (Lipinski definition) is 5. The molecule has 140 valence electrons. The summed E-state index contributed by atoms with van der Waals surface area (Å²) in [6.45, 7) is 4.08. The van der Waals surface area contributed by atoms with E-state index in [4.69, 9.17) is 0 Å². The predicted octanol–water partition coefficient (Wildman–Crippen LogP) is 2.70. The van der Waals surface area contributed by atoms with E-state index in [2.05, 4.69) is 25.8 Å². The van der Waals surface area contributed by atoms with E-state index in [0.717, 1.165) is 27.7 Å². The summed E-state index contributed by atoms with van der Waals surface area (Å²) in [6.07, 6.45) is 6.12. The molecule has 1 saturated carbocycles. The zero-order valence-corrected chi connectivity index (χ0v) is 15.4. The fourth-order valence-corrected chi connectivity index (χ4v) is 3.37.